The SMILES string of the molecule is [NH]C(=O)C(C(F)F)C(F)F. The van der Waals surface area contributed by atoms with Crippen molar-refractivity contribution in [1.82, 2.24) is 5.73 Å². The largest absolute Gasteiger partial charge is 0.272 e. The maximum absolute atomic E-state index is 11.4. The van der Waals surface area contributed by atoms with E-state index >= 15 is 0 Å². The van der Waals surface area contributed by atoms with Gasteiger partial charge < -0.3 is 0 Å². The monoisotopic (exact) mass is 158 g/mol. The van der Waals surface area contributed by atoms with Crippen LogP contribution in [0, 0.1) is 5.92 Å². The van der Waals surface area contributed by atoms with Crippen LogP contribution in [0.15, 0.2) is 0 Å². The number of alkyl halides is 4. The van der Waals surface area contributed by atoms with Crippen molar-refractivity contribution in [1.29, 1.82) is 0 Å². The molecule has 0 atom stereocenters. The van der Waals surface area contributed by atoms with Gasteiger partial charge in [-0.2, -0.15) is 0 Å². The molecule has 0 aliphatic rings. The lowest BCUT2D eigenvalue weighted by molar-refractivity contribution is -0.135. The molecule has 6 heteroatoms. The Morgan fingerprint density at radius 1 is 1.10 bits per heavy atom. The van der Waals surface area contributed by atoms with E-state index in [1.54, 1.807) is 0 Å². The molecule has 0 aromatic rings. The molecule has 1 amide bonds. The van der Waals surface area contributed by atoms with Crippen LogP contribution in [0.25, 0.3) is 0 Å². The minimum Gasteiger partial charge on any atom is -0.272 e. The van der Waals surface area contributed by atoms with Gasteiger partial charge in [0.1, 0.15) is 0 Å². The van der Waals surface area contributed by atoms with Gasteiger partial charge in [0.2, 0.25) is 0 Å². The molecule has 2 nitrogen and oxygen atoms in total. The number of rotatable bonds is 3. The zero-order valence-corrected chi connectivity index (χ0v) is 4.65. The van der Waals surface area contributed by atoms with Crippen molar-refractivity contribution in [3.63, 3.8) is 0 Å². The number of amides is 1. The predicted molar refractivity (Wildman–Crippen MR) is 23.6 cm³/mol. The van der Waals surface area contributed by atoms with Crippen LogP contribution in [0.1, 0.15) is 0 Å². The molecule has 0 unspecified atom stereocenters. The van der Waals surface area contributed by atoms with Crippen LogP contribution < -0.4 is 5.73 Å². The van der Waals surface area contributed by atoms with Gasteiger partial charge in [0.15, 0.2) is 5.92 Å². The van der Waals surface area contributed by atoms with Gasteiger partial charge in [0.05, 0.1) is 0 Å². The summed E-state index contributed by atoms with van der Waals surface area (Å²) in [6.45, 7) is 0. The fraction of sp³-hybridized carbons (Fsp3) is 0.750. The summed E-state index contributed by atoms with van der Waals surface area (Å²) < 4.78 is 45.5. The van der Waals surface area contributed by atoms with Crippen LogP contribution in [0.2, 0.25) is 0 Å². The topological polar surface area (TPSA) is 40.9 Å². The highest BCUT2D eigenvalue weighted by atomic mass is 19.3. The molecule has 0 fully saturated rings. The summed E-state index contributed by atoms with van der Waals surface area (Å²) in [5.74, 6) is -4.68. The van der Waals surface area contributed by atoms with E-state index in [0.29, 0.717) is 0 Å². The molecule has 0 aromatic heterocycles. The standard InChI is InChI=1S/C4H4F4NO/c5-2(6)1(3(7)8)4(9)10/h1-3,9H. The second-order valence-corrected chi connectivity index (χ2v) is 1.56. The Morgan fingerprint density at radius 3 is 1.40 bits per heavy atom. The number of hydrogen-bond donors (Lipinski definition) is 0. The lowest BCUT2D eigenvalue weighted by Crippen LogP contribution is -2.29. The highest BCUT2D eigenvalue weighted by molar-refractivity contribution is 5.76. The van der Waals surface area contributed by atoms with Crippen LogP contribution in [0.4, 0.5) is 17.6 Å². The van der Waals surface area contributed by atoms with E-state index in [2.05, 4.69) is 0 Å². The molecule has 0 aliphatic carbocycles. The summed E-state index contributed by atoms with van der Waals surface area (Å²) >= 11 is 0. The lowest BCUT2D eigenvalue weighted by atomic mass is 10.1. The van der Waals surface area contributed by atoms with Crippen molar-refractivity contribution in [2.24, 2.45) is 5.92 Å². The van der Waals surface area contributed by atoms with E-state index < -0.39 is 24.7 Å². The van der Waals surface area contributed by atoms with Crippen LogP contribution >= 0.6 is 0 Å². The van der Waals surface area contributed by atoms with Crippen molar-refractivity contribution in [2.75, 3.05) is 0 Å². The van der Waals surface area contributed by atoms with Crippen molar-refractivity contribution in [3.8, 4) is 0 Å². The van der Waals surface area contributed by atoms with Crippen LogP contribution in [-0.4, -0.2) is 18.8 Å². The van der Waals surface area contributed by atoms with E-state index in [4.69, 9.17) is 5.73 Å². The van der Waals surface area contributed by atoms with E-state index in [0.717, 1.165) is 0 Å². The predicted octanol–water partition coefficient (Wildman–Crippen LogP) is 0.942. The first-order valence-corrected chi connectivity index (χ1v) is 2.28. The molecule has 1 radical (unpaired) electrons. The van der Waals surface area contributed by atoms with Gasteiger partial charge in [-0.3, -0.25) is 10.5 Å². The zero-order chi connectivity index (χ0) is 8.31. The molecule has 0 aromatic carbocycles. The summed E-state index contributed by atoms with van der Waals surface area (Å²) in [4.78, 5) is 9.73. The summed E-state index contributed by atoms with van der Waals surface area (Å²) in [7, 11) is 0. The second kappa shape index (κ2) is 3.38. The number of carbonyl (C=O) groups excluding carboxylic acids is 1. The van der Waals surface area contributed by atoms with Gasteiger partial charge >= 0.3 is 0 Å². The van der Waals surface area contributed by atoms with Crippen LogP contribution in [0.3, 0.4) is 0 Å². The van der Waals surface area contributed by atoms with E-state index in [-0.39, 0.29) is 0 Å². The third-order valence-electron chi connectivity index (χ3n) is 0.846. The Bertz CT molecular complexity index is 118. The zero-order valence-electron chi connectivity index (χ0n) is 4.65. The quantitative estimate of drug-likeness (QED) is 0.563. The van der Waals surface area contributed by atoms with Gasteiger partial charge in [-0.15, -0.1) is 0 Å². The van der Waals surface area contributed by atoms with Gasteiger partial charge in [-0.1, -0.05) is 0 Å². The average Bonchev–Trinajstić information content (AvgIpc) is 1.59. The fourth-order valence-electron chi connectivity index (χ4n) is 0.339. The molecule has 0 saturated heterocycles. The van der Waals surface area contributed by atoms with E-state index in [9.17, 15) is 22.4 Å². The molecular formula is C4H4F4NO. The molecule has 10 heavy (non-hydrogen) atoms. The second-order valence-electron chi connectivity index (χ2n) is 1.56. The van der Waals surface area contributed by atoms with Crippen molar-refractivity contribution in [3.05, 3.63) is 0 Å². The minimum absolute atomic E-state index is 1.93. The molecule has 0 saturated carbocycles. The smallest absolute Gasteiger partial charge is 0.255 e. The van der Waals surface area contributed by atoms with Gasteiger partial charge in [-0.25, -0.2) is 17.6 Å². The highest BCUT2D eigenvalue weighted by Crippen LogP contribution is 2.17. The van der Waals surface area contributed by atoms with Crippen molar-refractivity contribution in [2.45, 2.75) is 12.9 Å². The molecule has 0 rings (SSSR count). The normalized spacial score (nSPS) is 11.5. The Morgan fingerprint density at radius 2 is 1.40 bits per heavy atom. The minimum atomic E-state index is -3.45. The summed E-state index contributed by atoms with van der Waals surface area (Å²) in [6, 6.07) is 0. The summed E-state index contributed by atoms with van der Waals surface area (Å²) in [5.41, 5.74) is 6.00. The van der Waals surface area contributed by atoms with Gasteiger partial charge in [-0.05, 0) is 0 Å². The molecule has 0 spiro atoms. The molecule has 0 aliphatic heterocycles. The fourth-order valence-corrected chi connectivity index (χ4v) is 0.339. The molecule has 0 heterocycles. The molecule has 59 valence electrons. The number of halogens is 4. The Labute approximate surface area is 54.0 Å². The highest BCUT2D eigenvalue weighted by Gasteiger charge is 2.35. The Hall–Kier alpha value is -0.810. The Balaban J connectivity index is 4.12. The third-order valence-corrected chi connectivity index (χ3v) is 0.846. The molecular weight excluding hydrogens is 154 g/mol. The third kappa shape index (κ3) is 2.20. The summed E-state index contributed by atoms with van der Waals surface area (Å²) in [5, 5.41) is 0. The lowest BCUT2D eigenvalue weighted by Gasteiger charge is -2.08. The molecule has 1 N–H and O–H groups in total. The first kappa shape index (κ1) is 9.19. The molecule has 0 bridgehead atoms. The van der Waals surface area contributed by atoms with Crippen LogP contribution in [-0.2, 0) is 4.79 Å². The number of carbonyl (C=O) groups is 1. The first-order chi connectivity index (χ1) is 4.46. The van der Waals surface area contributed by atoms with E-state index in [1.807, 2.05) is 0 Å². The Kier molecular flexibility index (Phi) is 3.11. The van der Waals surface area contributed by atoms with Crippen molar-refractivity contribution >= 4 is 5.91 Å². The van der Waals surface area contributed by atoms with Crippen molar-refractivity contribution < 1.29 is 22.4 Å². The van der Waals surface area contributed by atoms with E-state index in [1.165, 1.54) is 0 Å². The summed E-state index contributed by atoms with van der Waals surface area (Å²) in [6.07, 6.45) is -6.91. The maximum Gasteiger partial charge on any atom is 0.255 e. The number of hydrogen-bond acceptors (Lipinski definition) is 1. The van der Waals surface area contributed by atoms with Gasteiger partial charge in [0, 0.05) is 0 Å². The van der Waals surface area contributed by atoms with Gasteiger partial charge in [0.25, 0.3) is 18.8 Å². The first-order valence-electron chi connectivity index (χ1n) is 2.28. The average molecular weight is 158 g/mol. The number of nitrogens with one attached hydrogen (secondary N) is 1. The maximum atomic E-state index is 11.4. The van der Waals surface area contributed by atoms with Crippen LogP contribution in [0.5, 0.6) is 0 Å².